The van der Waals surface area contributed by atoms with Crippen molar-refractivity contribution in [2.45, 2.75) is 24.7 Å². The lowest BCUT2D eigenvalue weighted by molar-refractivity contribution is -0.116. The van der Waals surface area contributed by atoms with Crippen LogP contribution in [0.4, 0.5) is 11.4 Å². The fraction of sp³-hybridized carbons (Fsp3) is 0.176. The number of carbonyl (C=O) groups excluding carboxylic acids is 1. The predicted molar refractivity (Wildman–Crippen MR) is 97.3 cm³/mol. The van der Waals surface area contributed by atoms with Crippen LogP contribution in [0.1, 0.15) is 27.9 Å². The summed E-state index contributed by atoms with van der Waals surface area (Å²) in [5.74, 6) is -1.45. The fourth-order valence-corrected chi connectivity index (χ4v) is 4.17. The first-order chi connectivity index (χ1) is 12.2. The summed E-state index contributed by atoms with van der Waals surface area (Å²) in [6.07, 6.45) is 0.710. The van der Waals surface area contributed by atoms with E-state index in [2.05, 4.69) is 10.0 Å². The van der Waals surface area contributed by atoms with Gasteiger partial charge in [0.2, 0.25) is 5.91 Å². The number of halogens is 1. The van der Waals surface area contributed by atoms with Crippen LogP contribution in [0.3, 0.4) is 0 Å². The Morgan fingerprint density at radius 1 is 1.23 bits per heavy atom. The van der Waals surface area contributed by atoms with Crippen molar-refractivity contribution in [3.63, 3.8) is 0 Å². The Morgan fingerprint density at radius 2 is 1.96 bits per heavy atom. The van der Waals surface area contributed by atoms with Gasteiger partial charge in [0, 0.05) is 12.1 Å². The highest BCUT2D eigenvalue weighted by atomic mass is 35.5. The number of rotatable bonds is 4. The molecule has 1 amide bonds. The fourth-order valence-electron chi connectivity index (χ4n) is 2.74. The Kier molecular flexibility index (Phi) is 4.64. The molecule has 0 radical (unpaired) electrons. The number of carbonyl (C=O) groups is 2. The molecule has 0 atom stereocenters. The molecule has 0 saturated carbocycles. The summed E-state index contributed by atoms with van der Waals surface area (Å²) in [5, 5.41) is 12.0. The molecule has 1 heterocycles. The molecule has 0 fully saturated rings. The van der Waals surface area contributed by atoms with Crippen LogP contribution in [-0.2, 0) is 21.2 Å². The Bertz CT molecular complexity index is 1030. The highest BCUT2D eigenvalue weighted by Gasteiger charge is 2.24. The van der Waals surface area contributed by atoms with Gasteiger partial charge in [-0.05, 0) is 48.7 Å². The molecule has 0 bridgehead atoms. The summed E-state index contributed by atoms with van der Waals surface area (Å²) in [4.78, 5) is 22.9. The van der Waals surface area contributed by atoms with E-state index in [-0.39, 0.29) is 33.5 Å². The maximum atomic E-state index is 12.8. The quantitative estimate of drug-likeness (QED) is 0.737. The summed E-state index contributed by atoms with van der Waals surface area (Å²) in [5.41, 5.74) is 1.33. The van der Waals surface area contributed by atoms with Crippen LogP contribution in [0.15, 0.2) is 35.2 Å². The van der Waals surface area contributed by atoms with Gasteiger partial charge in [0.15, 0.2) is 0 Å². The van der Waals surface area contributed by atoms with Crippen molar-refractivity contribution in [2.75, 3.05) is 10.0 Å². The molecule has 2 aromatic carbocycles. The molecule has 7 nitrogen and oxygen atoms in total. The summed E-state index contributed by atoms with van der Waals surface area (Å²) in [7, 11) is -4.04. The standard InChI is InChI=1S/C17H15ClN2O5S/c1-9-2-5-12(18)15(17(22)23)16(9)20-26(24,25)11-4-6-13-10(8-11)3-7-14(21)19-13/h2,4-6,8,20H,3,7H2,1H3,(H,19,21)(H,22,23). The first-order valence-electron chi connectivity index (χ1n) is 7.67. The van der Waals surface area contributed by atoms with E-state index in [1.165, 1.54) is 30.3 Å². The van der Waals surface area contributed by atoms with Crippen LogP contribution in [0.25, 0.3) is 0 Å². The van der Waals surface area contributed by atoms with Gasteiger partial charge in [-0.3, -0.25) is 9.52 Å². The minimum absolute atomic E-state index is 0.0249. The highest BCUT2D eigenvalue weighted by Crippen LogP contribution is 2.31. The van der Waals surface area contributed by atoms with Gasteiger partial charge < -0.3 is 10.4 Å². The summed E-state index contributed by atoms with van der Waals surface area (Å²) in [6, 6.07) is 7.28. The Hall–Kier alpha value is -2.58. The predicted octanol–water partition coefficient (Wildman–Crippen LogP) is 3.03. The monoisotopic (exact) mass is 394 g/mol. The van der Waals surface area contributed by atoms with Crippen LogP contribution >= 0.6 is 11.6 Å². The number of amides is 1. The van der Waals surface area contributed by atoms with Gasteiger partial charge >= 0.3 is 5.97 Å². The van der Waals surface area contributed by atoms with E-state index in [1.807, 2.05) is 0 Å². The van der Waals surface area contributed by atoms with Crippen molar-refractivity contribution in [3.05, 3.63) is 52.0 Å². The van der Waals surface area contributed by atoms with Crippen molar-refractivity contribution >= 4 is 44.9 Å². The average Bonchev–Trinajstić information content (AvgIpc) is 2.57. The molecule has 26 heavy (non-hydrogen) atoms. The first-order valence-corrected chi connectivity index (χ1v) is 9.53. The lowest BCUT2D eigenvalue weighted by Gasteiger charge is -2.18. The molecule has 136 valence electrons. The second-order valence-corrected chi connectivity index (χ2v) is 7.98. The highest BCUT2D eigenvalue weighted by molar-refractivity contribution is 7.92. The zero-order valence-electron chi connectivity index (χ0n) is 13.7. The molecule has 0 spiro atoms. The number of aromatic carboxylic acids is 1. The lowest BCUT2D eigenvalue weighted by atomic mass is 10.0. The largest absolute Gasteiger partial charge is 0.478 e. The third-order valence-electron chi connectivity index (χ3n) is 4.10. The van der Waals surface area contributed by atoms with Crippen LogP contribution < -0.4 is 10.0 Å². The third kappa shape index (κ3) is 3.38. The molecule has 0 saturated heterocycles. The molecular weight excluding hydrogens is 380 g/mol. The summed E-state index contributed by atoms with van der Waals surface area (Å²) < 4.78 is 27.8. The topological polar surface area (TPSA) is 113 Å². The van der Waals surface area contributed by atoms with E-state index < -0.39 is 16.0 Å². The van der Waals surface area contributed by atoms with Crippen LogP contribution in [-0.4, -0.2) is 25.4 Å². The van der Waals surface area contributed by atoms with Crippen LogP contribution in [0.2, 0.25) is 5.02 Å². The number of anilines is 2. The van der Waals surface area contributed by atoms with Gasteiger partial charge in [0.05, 0.1) is 15.6 Å². The van der Waals surface area contributed by atoms with Gasteiger partial charge in [0.1, 0.15) is 5.56 Å². The van der Waals surface area contributed by atoms with Crippen LogP contribution in [0.5, 0.6) is 0 Å². The number of fused-ring (bicyclic) bond motifs is 1. The summed E-state index contributed by atoms with van der Waals surface area (Å²) in [6.45, 7) is 1.59. The van der Waals surface area contributed by atoms with Crippen molar-refractivity contribution in [1.29, 1.82) is 0 Å². The van der Waals surface area contributed by atoms with E-state index in [4.69, 9.17) is 11.6 Å². The zero-order valence-corrected chi connectivity index (χ0v) is 15.2. The van der Waals surface area contributed by atoms with Gasteiger partial charge in [-0.25, -0.2) is 13.2 Å². The number of sulfonamides is 1. The first kappa shape index (κ1) is 18.2. The van der Waals surface area contributed by atoms with E-state index in [0.717, 1.165) is 0 Å². The minimum Gasteiger partial charge on any atom is -0.478 e. The molecule has 0 aromatic heterocycles. The van der Waals surface area contributed by atoms with Gasteiger partial charge in [0.25, 0.3) is 10.0 Å². The number of hydrogen-bond donors (Lipinski definition) is 3. The smallest absolute Gasteiger partial charge is 0.339 e. The SMILES string of the molecule is Cc1ccc(Cl)c(C(=O)O)c1NS(=O)(=O)c1ccc2c(c1)CCC(=O)N2. The molecule has 1 aliphatic rings. The van der Waals surface area contributed by atoms with Crippen LogP contribution in [0, 0.1) is 6.92 Å². The van der Waals surface area contributed by atoms with E-state index in [0.29, 0.717) is 23.2 Å². The van der Waals surface area contributed by atoms with E-state index >= 15 is 0 Å². The number of nitrogens with one attached hydrogen (secondary N) is 2. The number of benzene rings is 2. The number of carboxylic acid groups (broad SMARTS) is 1. The Labute approximate surface area is 155 Å². The van der Waals surface area contributed by atoms with Crippen molar-refractivity contribution < 1.29 is 23.1 Å². The van der Waals surface area contributed by atoms with Gasteiger partial charge in [-0.1, -0.05) is 17.7 Å². The third-order valence-corrected chi connectivity index (χ3v) is 5.76. The molecule has 2 aromatic rings. The molecule has 0 unspecified atom stereocenters. The van der Waals surface area contributed by atoms with Crippen molar-refractivity contribution in [1.82, 2.24) is 0 Å². The minimum atomic E-state index is -4.04. The molecular formula is C17H15ClN2O5S. The normalized spacial score (nSPS) is 13.7. The molecule has 9 heteroatoms. The molecule has 3 rings (SSSR count). The maximum absolute atomic E-state index is 12.8. The maximum Gasteiger partial charge on any atom is 0.339 e. The van der Waals surface area contributed by atoms with E-state index in [9.17, 15) is 23.1 Å². The lowest BCUT2D eigenvalue weighted by Crippen LogP contribution is -2.21. The average molecular weight is 395 g/mol. The second-order valence-electron chi connectivity index (χ2n) is 5.89. The molecule has 0 aliphatic carbocycles. The van der Waals surface area contributed by atoms with Gasteiger partial charge in [-0.15, -0.1) is 0 Å². The van der Waals surface area contributed by atoms with E-state index in [1.54, 1.807) is 6.92 Å². The number of hydrogen-bond acceptors (Lipinski definition) is 4. The van der Waals surface area contributed by atoms with Crippen molar-refractivity contribution in [2.24, 2.45) is 0 Å². The van der Waals surface area contributed by atoms with Crippen molar-refractivity contribution in [3.8, 4) is 0 Å². The Morgan fingerprint density at radius 3 is 2.65 bits per heavy atom. The summed E-state index contributed by atoms with van der Waals surface area (Å²) >= 11 is 5.92. The second kappa shape index (κ2) is 6.62. The Balaban J connectivity index is 2.02. The number of carboxylic acids is 1. The van der Waals surface area contributed by atoms with Gasteiger partial charge in [-0.2, -0.15) is 0 Å². The zero-order chi connectivity index (χ0) is 19.1. The molecule has 1 aliphatic heterocycles. The number of aryl methyl sites for hydroxylation is 2. The molecule has 3 N–H and O–H groups in total.